The molecule has 1 saturated heterocycles. The number of likely N-dealkylation sites (tertiary alicyclic amines) is 1. The lowest BCUT2D eigenvalue weighted by atomic mass is 9.99. The van der Waals surface area contributed by atoms with E-state index in [-0.39, 0.29) is 11.5 Å². The summed E-state index contributed by atoms with van der Waals surface area (Å²) in [6, 6.07) is 13.5. The first-order valence-corrected chi connectivity index (χ1v) is 11.0. The van der Waals surface area contributed by atoms with Crippen molar-refractivity contribution < 1.29 is 4.79 Å². The number of fused-ring (bicyclic) bond motifs is 3. The molecule has 4 aromatic rings. The minimum atomic E-state index is -0.143. The number of amides is 1. The first kappa shape index (κ1) is 19.5. The van der Waals surface area contributed by atoms with E-state index in [4.69, 9.17) is 0 Å². The molecule has 1 aliphatic rings. The smallest absolute Gasteiger partial charge is 0.280 e. The van der Waals surface area contributed by atoms with Gasteiger partial charge in [0.15, 0.2) is 0 Å². The van der Waals surface area contributed by atoms with Crippen molar-refractivity contribution in [3.63, 3.8) is 0 Å². The van der Waals surface area contributed by atoms with Crippen LogP contribution < -0.4 is 5.56 Å². The van der Waals surface area contributed by atoms with Gasteiger partial charge in [-0.3, -0.25) is 19.7 Å². The highest BCUT2D eigenvalue weighted by Crippen LogP contribution is 2.24. The van der Waals surface area contributed by atoms with Gasteiger partial charge in [-0.25, -0.2) is 4.68 Å². The van der Waals surface area contributed by atoms with Gasteiger partial charge in [0.2, 0.25) is 0 Å². The third-order valence-corrected chi connectivity index (χ3v) is 6.32. The number of benzene rings is 2. The van der Waals surface area contributed by atoms with Gasteiger partial charge in [-0.2, -0.15) is 0 Å². The molecule has 0 spiro atoms. The van der Waals surface area contributed by atoms with Crippen LogP contribution in [0.25, 0.3) is 27.5 Å². The predicted octanol–water partition coefficient (Wildman–Crippen LogP) is 4.30. The highest BCUT2D eigenvalue weighted by atomic mass is 16.2. The van der Waals surface area contributed by atoms with E-state index < -0.39 is 0 Å². The number of carbonyl (C=O) groups is 1. The first-order chi connectivity index (χ1) is 15.0. The van der Waals surface area contributed by atoms with Gasteiger partial charge in [0.05, 0.1) is 22.1 Å². The Hall–Kier alpha value is -3.41. The molecular weight excluding hydrogens is 388 g/mol. The van der Waals surface area contributed by atoms with Crippen LogP contribution in [0.15, 0.2) is 53.5 Å². The molecule has 1 aliphatic heterocycles. The summed E-state index contributed by atoms with van der Waals surface area (Å²) in [4.78, 5) is 32.6. The lowest BCUT2D eigenvalue weighted by molar-refractivity contribution is 0.0683. The summed E-state index contributed by atoms with van der Waals surface area (Å²) >= 11 is 0. The molecule has 0 aliphatic carbocycles. The van der Waals surface area contributed by atoms with E-state index in [1.54, 1.807) is 10.9 Å². The lowest BCUT2D eigenvalue weighted by Gasteiger charge is -2.31. The Morgan fingerprint density at radius 3 is 2.71 bits per heavy atom. The number of piperidine rings is 1. The minimum absolute atomic E-state index is 0.0439. The average Bonchev–Trinajstić information content (AvgIpc) is 3.15. The number of nitrogens with zero attached hydrogens (tertiary/aromatic N) is 3. The summed E-state index contributed by atoms with van der Waals surface area (Å²) < 4.78 is 1.55. The average molecular weight is 415 g/mol. The summed E-state index contributed by atoms with van der Waals surface area (Å²) in [5.41, 5.74) is 3.95. The van der Waals surface area contributed by atoms with Crippen molar-refractivity contribution >= 4 is 27.7 Å². The van der Waals surface area contributed by atoms with Crippen LogP contribution >= 0.6 is 0 Å². The maximum Gasteiger partial charge on any atom is 0.280 e. The zero-order valence-corrected chi connectivity index (χ0v) is 17.9. The second kappa shape index (κ2) is 7.69. The summed E-state index contributed by atoms with van der Waals surface area (Å²) in [7, 11) is 0. The second-order valence-electron chi connectivity index (χ2n) is 8.55. The molecule has 3 heterocycles. The molecule has 0 bridgehead atoms. The number of hydrogen-bond donors (Lipinski definition) is 1. The molecule has 2 aromatic carbocycles. The highest BCUT2D eigenvalue weighted by Gasteiger charge is 2.23. The van der Waals surface area contributed by atoms with Gasteiger partial charge in [0.1, 0.15) is 0 Å². The monoisotopic (exact) mass is 414 g/mol. The third-order valence-electron chi connectivity index (χ3n) is 6.32. The molecule has 6 heteroatoms. The third kappa shape index (κ3) is 3.42. The van der Waals surface area contributed by atoms with E-state index in [0.29, 0.717) is 22.4 Å². The Morgan fingerprint density at radius 2 is 1.97 bits per heavy atom. The zero-order valence-electron chi connectivity index (χ0n) is 17.9. The SMILES string of the molecule is CCc1ccc(-n2[nH]c3c(cnc4ccc(C(=O)N5CCC[C@@H](C)C5)cc43)c2=O)cc1. The van der Waals surface area contributed by atoms with E-state index in [9.17, 15) is 9.59 Å². The minimum Gasteiger partial charge on any atom is -0.338 e. The van der Waals surface area contributed by atoms with E-state index in [1.807, 2.05) is 47.4 Å². The number of rotatable bonds is 3. The summed E-state index contributed by atoms with van der Waals surface area (Å²) in [6.45, 7) is 5.88. The number of pyridine rings is 1. The topological polar surface area (TPSA) is 71.0 Å². The molecular formula is C25H26N4O2. The van der Waals surface area contributed by atoms with Crippen LogP contribution in [0.3, 0.4) is 0 Å². The van der Waals surface area contributed by atoms with Gasteiger partial charge in [-0.05, 0) is 61.1 Å². The van der Waals surface area contributed by atoms with Crippen molar-refractivity contribution in [3.05, 3.63) is 70.1 Å². The Morgan fingerprint density at radius 1 is 1.16 bits per heavy atom. The van der Waals surface area contributed by atoms with Crippen LogP contribution in [0.5, 0.6) is 0 Å². The fourth-order valence-electron chi connectivity index (χ4n) is 4.51. The van der Waals surface area contributed by atoms with E-state index in [2.05, 4.69) is 23.9 Å². The molecule has 1 fully saturated rings. The largest absolute Gasteiger partial charge is 0.338 e. The maximum atomic E-state index is 13.1. The van der Waals surface area contributed by atoms with Crippen molar-refractivity contribution in [2.75, 3.05) is 13.1 Å². The van der Waals surface area contributed by atoms with Gasteiger partial charge in [0.25, 0.3) is 11.5 Å². The highest BCUT2D eigenvalue weighted by molar-refractivity contribution is 6.06. The van der Waals surface area contributed by atoms with Crippen LogP contribution in [0.2, 0.25) is 0 Å². The summed E-state index contributed by atoms with van der Waals surface area (Å²) in [5, 5.41) is 4.56. The number of H-pyrrole nitrogens is 1. The van der Waals surface area contributed by atoms with Gasteiger partial charge >= 0.3 is 0 Å². The first-order valence-electron chi connectivity index (χ1n) is 11.0. The molecule has 1 atom stereocenters. The molecule has 1 N–H and O–H groups in total. The Kier molecular flexibility index (Phi) is 4.85. The molecule has 0 radical (unpaired) electrons. The Balaban J connectivity index is 1.60. The molecule has 158 valence electrons. The van der Waals surface area contributed by atoms with Gasteiger partial charge < -0.3 is 4.90 Å². The van der Waals surface area contributed by atoms with Crippen LogP contribution in [0.4, 0.5) is 0 Å². The Labute approximate surface area is 180 Å². The van der Waals surface area contributed by atoms with Crippen molar-refractivity contribution in [1.29, 1.82) is 0 Å². The normalized spacial score (nSPS) is 16.8. The molecule has 6 nitrogen and oxygen atoms in total. The molecule has 2 aromatic heterocycles. The fraction of sp³-hybridized carbons (Fsp3) is 0.320. The molecule has 0 unspecified atom stereocenters. The van der Waals surface area contributed by atoms with Crippen LogP contribution in [0.1, 0.15) is 42.6 Å². The molecule has 1 amide bonds. The number of aryl methyl sites for hydroxylation is 1. The predicted molar refractivity (Wildman–Crippen MR) is 123 cm³/mol. The number of nitrogens with one attached hydrogen (secondary N) is 1. The van der Waals surface area contributed by atoms with Crippen molar-refractivity contribution in [2.24, 2.45) is 5.92 Å². The molecule has 31 heavy (non-hydrogen) atoms. The van der Waals surface area contributed by atoms with Crippen LogP contribution in [0, 0.1) is 5.92 Å². The number of aromatic amines is 1. The van der Waals surface area contributed by atoms with Crippen molar-refractivity contribution in [2.45, 2.75) is 33.1 Å². The quantitative estimate of drug-likeness (QED) is 0.543. The van der Waals surface area contributed by atoms with Crippen molar-refractivity contribution in [1.82, 2.24) is 19.7 Å². The van der Waals surface area contributed by atoms with Crippen molar-refractivity contribution in [3.8, 4) is 5.69 Å². The molecule has 0 saturated carbocycles. The fourth-order valence-corrected chi connectivity index (χ4v) is 4.51. The Bertz CT molecular complexity index is 1330. The van der Waals surface area contributed by atoms with Gasteiger partial charge in [0, 0.05) is 30.2 Å². The van der Waals surface area contributed by atoms with Crippen LogP contribution in [-0.2, 0) is 6.42 Å². The lowest BCUT2D eigenvalue weighted by Crippen LogP contribution is -2.39. The number of aromatic nitrogens is 3. The summed E-state index contributed by atoms with van der Waals surface area (Å²) in [5.74, 6) is 0.568. The van der Waals surface area contributed by atoms with Gasteiger partial charge in [-0.15, -0.1) is 0 Å². The zero-order chi connectivity index (χ0) is 21.5. The number of hydrogen-bond acceptors (Lipinski definition) is 3. The molecule has 5 rings (SSSR count). The van der Waals surface area contributed by atoms with Gasteiger partial charge in [-0.1, -0.05) is 26.0 Å². The second-order valence-corrected chi connectivity index (χ2v) is 8.55. The maximum absolute atomic E-state index is 13.1. The van der Waals surface area contributed by atoms with Crippen LogP contribution in [-0.4, -0.2) is 38.7 Å². The van der Waals surface area contributed by atoms with E-state index >= 15 is 0 Å². The standard InChI is InChI=1S/C25H26N4O2/c1-3-17-6-9-19(10-7-17)29-25(31)21-14-26-22-11-8-18(13-20(22)23(21)27-29)24(30)28-12-4-5-16(2)15-28/h6-11,13-14,16,27H,3-5,12,15H2,1-2H3/t16-/m1/s1. The number of carbonyl (C=O) groups excluding carboxylic acids is 1. The van der Waals surface area contributed by atoms with E-state index in [1.165, 1.54) is 12.0 Å². The summed E-state index contributed by atoms with van der Waals surface area (Å²) in [6.07, 6.45) is 4.77. The van der Waals surface area contributed by atoms with E-state index in [0.717, 1.165) is 42.5 Å².